The second-order valence-corrected chi connectivity index (χ2v) is 6.67. The standard InChI is InChI=1S/C14H17NO.C5H10O2/c1-2-12-9-14(16)10-13(15-12)8-11-6-4-3-5-7-11;1-5(2,3)7-4-6/h2-7,12-13,15H,1,8-10H2;4H,1-3H3. The van der Waals surface area contributed by atoms with E-state index >= 15 is 0 Å². The highest BCUT2D eigenvalue weighted by Gasteiger charge is 2.24. The monoisotopic (exact) mass is 317 g/mol. The van der Waals surface area contributed by atoms with Crippen molar-refractivity contribution in [3.63, 3.8) is 0 Å². The highest BCUT2D eigenvalue weighted by atomic mass is 16.5. The summed E-state index contributed by atoms with van der Waals surface area (Å²) in [7, 11) is 0. The summed E-state index contributed by atoms with van der Waals surface area (Å²) in [5, 5.41) is 3.44. The molecule has 1 aliphatic rings. The van der Waals surface area contributed by atoms with E-state index in [1.54, 1.807) is 0 Å². The van der Waals surface area contributed by atoms with E-state index in [0.717, 1.165) is 6.42 Å². The second-order valence-electron chi connectivity index (χ2n) is 6.67. The van der Waals surface area contributed by atoms with E-state index in [2.05, 4.69) is 28.8 Å². The summed E-state index contributed by atoms with van der Waals surface area (Å²) >= 11 is 0. The van der Waals surface area contributed by atoms with Crippen LogP contribution < -0.4 is 5.32 Å². The molecule has 0 spiro atoms. The van der Waals surface area contributed by atoms with Gasteiger partial charge in [0.1, 0.15) is 11.4 Å². The first kappa shape index (κ1) is 19.1. The molecule has 0 bridgehead atoms. The topological polar surface area (TPSA) is 55.4 Å². The minimum atomic E-state index is -0.318. The summed E-state index contributed by atoms with van der Waals surface area (Å²) in [5.74, 6) is 0.338. The van der Waals surface area contributed by atoms with Gasteiger partial charge in [0.05, 0.1) is 0 Å². The fraction of sp³-hybridized carbons (Fsp3) is 0.474. The predicted molar refractivity (Wildman–Crippen MR) is 92.2 cm³/mol. The highest BCUT2D eigenvalue weighted by Crippen LogP contribution is 2.14. The number of hydrogen-bond acceptors (Lipinski definition) is 4. The molecular weight excluding hydrogens is 290 g/mol. The van der Waals surface area contributed by atoms with Crippen molar-refractivity contribution in [3.8, 4) is 0 Å². The Balaban J connectivity index is 0.000000322. The number of piperidine rings is 1. The van der Waals surface area contributed by atoms with Crippen molar-refractivity contribution < 1.29 is 14.3 Å². The zero-order chi connectivity index (χ0) is 17.3. The molecule has 2 rings (SSSR count). The van der Waals surface area contributed by atoms with Crippen LogP contribution in [0.15, 0.2) is 43.0 Å². The molecule has 0 saturated carbocycles. The Bertz CT molecular complexity index is 505. The molecule has 1 aromatic carbocycles. The molecule has 126 valence electrons. The van der Waals surface area contributed by atoms with Gasteiger partial charge in [0, 0.05) is 24.9 Å². The number of ether oxygens (including phenoxy) is 1. The number of nitrogens with one attached hydrogen (secondary N) is 1. The van der Waals surface area contributed by atoms with Gasteiger partial charge < -0.3 is 10.1 Å². The van der Waals surface area contributed by atoms with E-state index < -0.39 is 0 Å². The Kier molecular flexibility index (Phi) is 7.69. The normalized spacial score (nSPS) is 20.9. The summed E-state index contributed by atoms with van der Waals surface area (Å²) < 4.78 is 4.55. The van der Waals surface area contributed by atoms with Crippen molar-refractivity contribution in [1.82, 2.24) is 5.32 Å². The van der Waals surface area contributed by atoms with Gasteiger partial charge >= 0.3 is 0 Å². The molecule has 1 aliphatic heterocycles. The third-order valence-corrected chi connectivity index (χ3v) is 3.38. The molecular formula is C19H27NO3. The number of carbonyl (C=O) groups is 2. The van der Waals surface area contributed by atoms with Crippen LogP contribution >= 0.6 is 0 Å². The van der Waals surface area contributed by atoms with Crippen LogP contribution in [0, 0.1) is 0 Å². The van der Waals surface area contributed by atoms with Crippen LogP contribution in [0.5, 0.6) is 0 Å². The lowest BCUT2D eigenvalue weighted by atomic mass is 9.93. The van der Waals surface area contributed by atoms with Crippen molar-refractivity contribution in [2.45, 2.75) is 57.7 Å². The van der Waals surface area contributed by atoms with Crippen LogP contribution in [0.2, 0.25) is 0 Å². The molecule has 1 aromatic rings. The predicted octanol–water partition coefficient (Wildman–Crippen LogP) is 3.06. The molecule has 4 nitrogen and oxygen atoms in total. The SMILES string of the molecule is C=CC1CC(=O)CC(Cc2ccccc2)N1.CC(C)(C)OC=O. The van der Waals surface area contributed by atoms with E-state index in [4.69, 9.17) is 0 Å². The van der Waals surface area contributed by atoms with Crippen molar-refractivity contribution in [2.24, 2.45) is 0 Å². The van der Waals surface area contributed by atoms with E-state index in [9.17, 15) is 9.59 Å². The van der Waals surface area contributed by atoms with Gasteiger partial charge in [-0.25, -0.2) is 0 Å². The van der Waals surface area contributed by atoms with E-state index in [0.29, 0.717) is 25.1 Å². The Morgan fingerprint density at radius 1 is 1.26 bits per heavy atom. The van der Waals surface area contributed by atoms with Crippen LogP contribution in [-0.2, 0) is 20.7 Å². The Morgan fingerprint density at radius 3 is 2.39 bits per heavy atom. The molecule has 2 atom stereocenters. The third-order valence-electron chi connectivity index (χ3n) is 3.38. The number of Topliss-reactive ketones (excluding diaryl/α,β-unsaturated/α-hetero) is 1. The van der Waals surface area contributed by atoms with Crippen LogP contribution in [0.1, 0.15) is 39.2 Å². The lowest BCUT2D eigenvalue weighted by Gasteiger charge is -2.28. The van der Waals surface area contributed by atoms with E-state index in [1.165, 1.54) is 5.56 Å². The second kappa shape index (κ2) is 9.26. The summed E-state index contributed by atoms with van der Waals surface area (Å²) in [6.07, 6.45) is 3.97. The number of benzene rings is 1. The van der Waals surface area contributed by atoms with Crippen LogP contribution in [0.3, 0.4) is 0 Å². The quantitative estimate of drug-likeness (QED) is 0.685. The summed E-state index contributed by atoms with van der Waals surface area (Å²) in [4.78, 5) is 21.1. The molecule has 0 radical (unpaired) electrons. The van der Waals surface area contributed by atoms with Crippen molar-refractivity contribution >= 4 is 12.3 Å². The van der Waals surface area contributed by atoms with Gasteiger partial charge in [-0.05, 0) is 32.8 Å². The van der Waals surface area contributed by atoms with E-state index in [-0.39, 0.29) is 17.7 Å². The van der Waals surface area contributed by atoms with Gasteiger partial charge in [-0.15, -0.1) is 6.58 Å². The van der Waals surface area contributed by atoms with E-state index in [1.807, 2.05) is 45.0 Å². The first-order valence-electron chi connectivity index (χ1n) is 7.89. The molecule has 0 aromatic heterocycles. The highest BCUT2D eigenvalue weighted by molar-refractivity contribution is 5.80. The maximum atomic E-state index is 11.5. The van der Waals surface area contributed by atoms with Gasteiger partial charge in [-0.3, -0.25) is 9.59 Å². The number of ketones is 1. The molecule has 2 unspecified atom stereocenters. The molecule has 23 heavy (non-hydrogen) atoms. The molecule has 0 amide bonds. The van der Waals surface area contributed by atoms with Gasteiger partial charge in [-0.2, -0.15) is 0 Å². The lowest BCUT2D eigenvalue weighted by molar-refractivity contribution is -0.138. The molecule has 1 fully saturated rings. The molecule has 1 heterocycles. The maximum Gasteiger partial charge on any atom is 0.293 e. The van der Waals surface area contributed by atoms with Crippen LogP contribution in [-0.4, -0.2) is 29.9 Å². The average molecular weight is 317 g/mol. The largest absolute Gasteiger partial charge is 0.462 e. The first-order valence-corrected chi connectivity index (χ1v) is 7.89. The third kappa shape index (κ3) is 8.31. The van der Waals surface area contributed by atoms with Crippen molar-refractivity contribution in [2.75, 3.05) is 0 Å². The van der Waals surface area contributed by atoms with Gasteiger partial charge in [0.25, 0.3) is 6.47 Å². The Morgan fingerprint density at radius 2 is 1.91 bits per heavy atom. The summed E-state index contributed by atoms with van der Waals surface area (Å²) in [6.45, 7) is 9.67. The van der Waals surface area contributed by atoms with Gasteiger partial charge in [-0.1, -0.05) is 36.4 Å². The molecule has 1 N–H and O–H groups in total. The number of carbonyl (C=O) groups excluding carboxylic acids is 2. The molecule has 1 saturated heterocycles. The molecule has 0 aliphatic carbocycles. The lowest BCUT2D eigenvalue weighted by Crippen LogP contribution is -2.45. The average Bonchev–Trinajstić information content (AvgIpc) is 2.47. The van der Waals surface area contributed by atoms with Crippen molar-refractivity contribution in [1.29, 1.82) is 0 Å². The zero-order valence-electron chi connectivity index (χ0n) is 14.2. The molecule has 4 heteroatoms. The first-order chi connectivity index (χ1) is 10.8. The number of hydrogen-bond donors (Lipinski definition) is 1. The zero-order valence-corrected chi connectivity index (χ0v) is 14.2. The van der Waals surface area contributed by atoms with Crippen molar-refractivity contribution in [3.05, 3.63) is 48.6 Å². The van der Waals surface area contributed by atoms with Crippen LogP contribution in [0.25, 0.3) is 0 Å². The van der Waals surface area contributed by atoms with Gasteiger partial charge in [0.15, 0.2) is 0 Å². The fourth-order valence-corrected chi connectivity index (χ4v) is 2.35. The summed E-state index contributed by atoms with van der Waals surface area (Å²) in [6, 6.07) is 10.7. The minimum Gasteiger partial charge on any atom is -0.462 e. The van der Waals surface area contributed by atoms with Gasteiger partial charge in [0.2, 0.25) is 0 Å². The fourth-order valence-electron chi connectivity index (χ4n) is 2.35. The Hall–Kier alpha value is -1.94. The van der Waals surface area contributed by atoms with Crippen LogP contribution in [0.4, 0.5) is 0 Å². The maximum absolute atomic E-state index is 11.5. The smallest absolute Gasteiger partial charge is 0.293 e. The number of rotatable bonds is 4. The minimum absolute atomic E-state index is 0.148. The Labute approximate surface area is 138 Å². The summed E-state index contributed by atoms with van der Waals surface area (Å²) in [5.41, 5.74) is 0.958.